The molecule has 2 aromatic rings. The zero-order valence-corrected chi connectivity index (χ0v) is 32.9. The first-order chi connectivity index (χ1) is 22.1. The van der Waals surface area contributed by atoms with Gasteiger partial charge in [-0.3, -0.25) is 0 Å². The molecule has 4 radical (unpaired) electrons. The summed E-state index contributed by atoms with van der Waals surface area (Å²) >= 11 is 0. The van der Waals surface area contributed by atoms with Crippen LogP contribution in [0.5, 0.6) is 0 Å². The van der Waals surface area contributed by atoms with Crippen molar-refractivity contribution in [3.63, 3.8) is 0 Å². The number of nitrogens with zero attached hydrogens (tertiary/aromatic N) is 2. The summed E-state index contributed by atoms with van der Waals surface area (Å²) in [5.74, 6) is 2.90. The van der Waals surface area contributed by atoms with E-state index in [1.165, 1.54) is 44.1 Å². The van der Waals surface area contributed by atoms with Gasteiger partial charge in [0.2, 0.25) is 19.5 Å². The number of fused-ring (bicyclic) bond motifs is 2. The van der Waals surface area contributed by atoms with Crippen LogP contribution in [0.3, 0.4) is 0 Å². The van der Waals surface area contributed by atoms with Gasteiger partial charge in [-0.1, -0.05) is 104 Å². The Morgan fingerprint density at radius 3 is 2.30 bits per heavy atom. The van der Waals surface area contributed by atoms with Crippen molar-refractivity contribution in [3.05, 3.63) is 53.4 Å². The fourth-order valence-electron chi connectivity index (χ4n) is 8.83. The van der Waals surface area contributed by atoms with Crippen LogP contribution in [-0.2, 0) is 15.9 Å². The molecule has 1 heterocycles. The lowest BCUT2D eigenvalue weighted by Gasteiger charge is -2.44. The molecule has 5 nitrogen and oxygen atoms in total. The number of para-hydroxylation sites is 2. The minimum atomic E-state index is -0.513. The number of hydrogen-bond acceptors (Lipinski definition) is 4. The summed E-state index contributed by atoms with van der Waals surface area (Å²) in [5, 5.41) is 11.5. The summed E-state index contributed by atoms with van der Waals surface area (Å²) in [5.41, 5.74) is 5.62. The van der Waals surface area contributed by atoms with E-state index in [1.54, 1.807) is 5.57 Å². The first-order valence-electron chi connectivity index (χ1n) is 18.5. The third-order valence-corrected chi connectivity index (χ3v) is 13.2. The highest BCUT2D eigenvalue weighted by Gasteiger charge is 2.50. The van der Waals surface area contributed by atoms with Crippen molar-refractivity contribution in [2.45, 2.75) is 154 Å². The van der Waals surface area contributed by atoms with Gasteiger partial charge in [-0.2, -0.15) is 0 Å². The molecule has 1 aromatic carbocycles. The van der Waals surface area contributed by atoms with Gasteiger partial charge in [-0.05, 0) is 103 Å². The second-order valence-electron chi connectivity index (χ2n) is 17.4. The lowest BCUT2D eigenvalue weighted by atomic mass is 9.60. The van der Waals surface area contributed by atoms with E-state index in [-0.39, 0.29) is 22.3 Å². The van der Waals surface area contributed by atoms with Crippen LogP contribution in [0.25, 0.3) is 11.0 Å². The van der Waals surface area contributed by atoms with Gasteiger partial charge in [0.25, 0.3) is 0 Å². The van der Waals surface area contributed by atoms with Gasteiger partial charge in [-0.25, -0.2) is 4.98 Å². The Bertz CT molecular complexity index is 1370. The molecule has 47 heavy (non-hydrogen) atoms. The molecule has 3 aliphatic rings. The van der Waals surface area contributed by atoms with Gasteiger partial charge in [-0.15, -0.1) is 0 Å². The van der Waals surface area contributed by atoms with E-state index in [4.69, 9.17) is 13.8 Å². The molecule has 1 unspecified atom stereocenters. The third kappa shape index (κ3) is 9.39. The second-order valence-corrected chi connectivity index (χ2v) is 21.3. The largest absolute Gasteiger partial charge is 0.414 e. The smallest absolute Gasteiger partial charge is 0.236 e. The molecule has 3 fully saturated rings. The summed E-state index contributed by atoms with van der Waals surface area (Å²) in [6, 6.07) is 8.16. The van der Waals surface area contributed by atoms with Gasteiger partial charge in [0.1, 0.15) is 11.9 Å². The number of allylic oxidation sites excluding steroid dienone is 3. The summed E-state index contributed by atoms with van der Waals surface area (Å²) < 4.78 is 15.1. The van der Waals surface area contributed by atoms with Crippen LogP contribution >= 0.6 is 0 Å². The first kappa shape index (κ1) is 36.8. The van der Waals surface area contributed by atoms with E-state index in [1.807, 2.05) is 25.2 Å². The maximum absolute atomic E-state index is 11.1. The maximum atomic E-state index is 11.1. The Balaban J connectivity index is 1.21. The number of aromatic nitrogens is 2. The summed E-state index contributed by atoms with van der Waals surface area (Å²) in [6.45, 7) is 18.7. The number of benzene rings is 1. The number of aliphatic hydroxyl groups is 1. The first-order valence-corrected chi connectivity index (χ1v) is 20.3. The molecule has 7 heteroatoms. The molecule has 258 valence electrons. The zero-order chi connectivity index (χ0) is 34.0. The van der Waals surface area contributed by atoms with Gasteiger partial charge >= 0.3 is 0 Å². The predicted molar refractivity (Wildman–Crippen MR) is 198 cm³/mol. The molecular weight excluding hydrogens is 613 g/mol. The van der Waals surface area contributed by atoms with Crippen LogP contribution in [-0.4, -0.2) is 46.4 Å². The molecule has 1 aromatic heterocycles. The Hall–Kier alpha value is -1.52. The molecule has 5 rings (SSSR count). The van der Waals surface area contributed by atoms with Gasteiger partial charge in [0.15, 0.2) is 0 Å². The van der Waals surface area contributed by atoms with Gasteiger partial charge in [0.05, 0.1) is 23.2 Å². The lowest BCUT2D eigenvalue weighted by molar-refractivity contribution is 0.0883. The number of aryl methyl sites for hydroxylation is 1. The van der Waals surface area contributed by atoms with Crippen LogP contribution in [0.1, 0.15) is 138 Å². The topological polar surface area (TPSA) is 56.5 Å². The number of imidazole rings is 1. The normalized spacial score (nSPS) is 29.3. The molecule has 0 aliphatic heterocycles. The lowest BCUT2D eigenvalue weighted by Crippen LogP contribution is -2.36. The van der Waals surface area contributed by atoms with Gasteiger partial charge < -0.3 is 18.5 Å². The minimum absolute atomic E-state index is 0.198. The van der Waals surface area contributed by atoms with Crippen LogP contribution in [0.2, 0.25) is 10.1 Å². The van der Waals surface area contributed by atoms with Crippen molar-refractivity contribution in [2.75, 3.05) is 0 Å². The minimum Gasteiger partial charge on any atom is -0.414 e. The fraction of sp³-hybridized carbons (Fsp3) is 0.725. The summed E-state index contributed by atoms with van der Waals surface area (Å²) in [4.78, 5) is 4.75. The average molecular weight is 675 g/mol. The molecule has 3 saturated carbocycles. The van der Waals surface area contributed by atoms with E-state index in [0.717, 1.165) is 54.9 Å². The fourth-order valence-corrected chi connectivity index (χ4v) is 10.2. The van der Waals surface area contributed by atoms with Crippen molar-refractivity contribution >= 4 is 30.6 Å². The molecule has 0 spiro atoms. The highest BCUT2D eigenvalue weighted by Crippen LogP contribution is 2.60. The number of hydrogen-bond donors (Lipinski definition) is 1. The number of aliphatic hydroxyl groups excluding tert-OH is 1. The molecule has 0 bridgehead atoms. The summed E-state index contributed by atoms with van der Waals surface area (Å²) in [6.07, 6.45) is 17.6. The molecule has 0 amide bonds. The van der Waals surface area contributed by atoms with Crippen molar-refractivity contribution in [2.24, 2.45) is 30.2 Å². The van der Waals surface area contributed by atoms with Crippen molar-refractivity contribution in [1.82, 2.24) is 9.55 Å². The van der Waals surface area contributed by atoms with E-state index in [9.17, 15) is 5.11 Å². The molecule has 3 aliphatic carbocycles. The van der Waals surface area contributed by atoms with Crippen LogP contribution in [0.4, 0.5) is 0 Å². The number of rotatable bonds is 11. The van der Waals surface area contributed by atoms with E-state index in [2.05, 4.69) is 78.2 Å². The molecular formula is C40H62N2O3Si2. The quantitative estimate of drug-likeness (QED) is 0.241. The Morgan fingerprint density at radius 1 is 1.00 bits per heavy atom. The van der Waals surface area contributed by atoms with Crippen LogP contribution in [0.15, 0.2) is 47.6 Å². The monoisotopic (exact) mass is 674 g/mol. The van der Waals surface area contributed by atoms with Crippen molar-refractivity contribution in [3.8, 4) is 0 Å². The highest BCUT2D eigenvalue weighted by atomic mass is 28.2. The average Bonchev–Trinajstić information content (AvgIpc) is 3.54. The predicted octanol–water partition coefficient (Wildman–Crippen LogP) is 10.1. The Labute approximate surface area is 291 Å². The molecule has 7 atom stereocenters. The standard InChI is InChI=1S/C40H62N2O3Si2/c1-27(14-12-18-36(43)37-41-34-16-10-11-17-35(34)42(37)9)32-21-22-33-29(15-13-23-40(32,33)8)20-19-28-24-30(44-46-38(2,3)4)26-31(25-28)45-47-39(5,6)7/h10-11,16-17,19-20,27,30-33,36,43H,12-15,18,21-26H2,1-9H3/b29-20+/t27-,30-,31-,32-,33+,36?,40-/m1/s1. The van der Waals surface area contributed by atoms with Crippen LogP contribution in [0, 0.1) is 23.2 Å². The van der Waals surface area contributed by atoms with Crippen LogP contribution < -0.4 is 0 Å². The maximum Gasteiger partial charge on any atom is 0.236 e. The Kier molecular flexibility index (Phi) is 11.9. The van der Waals surface area contributed by atoms with E-state index >= 15 is 0 Å². The van der Waals surface area contributed by atoms with Gasteiger partial charge in [0, 0.05) is 7.05 Å². The van der Waals surface area contributed by atoms with Crippen molar-refractivity contribution < 1.29 is 14.0 Å². The SMILES string of the molecule is C[C@H](CCCC(O)c1nc2ccccc2n1C)[C@H]1CC[C@H]2/C(=C/C=C3C[C@@H](O[Si]C(C)(C)C)C[C@H](O[Si]C(C)(C)C)C3)CCC[C@]12C. The molecule has 0 saturated heterocycles. The third-order valence-electron chi connectivity index (χ3n) is 11.1. The zero-order valence-electron chi connectivity index (χ0n) is 30.9. The van der Waals surface area contributed by atoms with Crippen molar-refractivity contribution in [1.29, 1.82) is 0 Å². The highest BCUT2D eigenvalue weighted by molar-refractivity contribution is 6.32. The van der Waals surface area contributed by atoms with E-state index < -0.39 is 6.10 Å². The molecule has 1 N–H and O–H groups in total. The summed E-state index contributed by atoms with van der Waals surface area (Å²) in [7, 11) is 3.05. The van der Waals surface area contributed by atoms with E-state index in [0.29, 0.717) is 36.8 Å². The Morgan fingerprint density at radius 2 is 1.66 bits per heavy atom. The second kappa shape index (κ2) is 15.2.